The summed E-state index contributed by atoms with van der Waals surface area (Å²) in [4.78, 5) is 40.7. The predicted octanol–water partition coefficient (Wildman–Crippen LogP) is 3.46. The number of amides is 2. The number of carbonyl (C=O) groups is 3. The second-order valence-corrected chi connectivity index (χ2v) is 8.74. The molecular formula is C26H33N3O5. The highest BCUT2D eigenvalue weighted by molar-refractivity contribution is 6.01. The molecule has 1 N–H and O–H groups in total. The lowest BCUT2D eigenvalue weighted by molar-refractivity contribution is -0.144. The van der Waals surface area contributed by atoms with Crippen molar-refractivity contribution in [3.05, 3.63) is 58.9 Å². The van der Waals surface area contributed by atoms with Gasteiger partial charge in [-0.15, -0.1) is 0 Å². The molecule has 182 valence electrons. The molecule has 0 saturated carbocycles. The Morgan fingerprint density at radius 2 is 1.97 bits per heavy atom. The molecule has 0 unspecified atom stereocenters. The number of nitrogens with one attached hydrogen (secondary N) is 1. The Hall–Kier alpha value is -3.13. The van der Waals surface area contributed by atoms with Gasteiger partial charge in [-0.3, -0.25) is 14.4 Å². The number of hydrogen-bond donors (Lipinski definition) is 1. The van der Waals surface area contributed by atoms with Gasteiger partial charge < -0.3 is 24.3 Å². The van der Waals surface area contributed by atoms with Crippen LogP contribution in [0.15, 0.2) is 36.4 Å². The molecule has 1 saturated heterocycles. The summed E-state index contributed by atoms with van der Waals surface area (Å²) in [5, 5.41) is 3.13. The van der Waals surface area contributed by atoms with Crippen molar-refractivity contribution < 1.29 is 23.9 Å². The van der Waals surface area contributed by atoms with Crippen LogP contribution in [0.3, 0.4) is 0 Å². The average molecular weight is 468 g/mol. The summed E-state index contributed by atoms with van der Waals surface area (Å²) in [7, 11) is 0. The number of rotatable bonds is 8. The molecule has 1 aromatic heterocycles. The van der Waals surface area contributed by atoms with Crippen molar-refractivity contribution in [3.63, 3.8) is 0 Å². The zero-order chi connectivity index (χ0) is 24.1. The van der Waals surface area contributed by atoms with Crippen molar-refractivity contribution in [2.75, 3.05) is 19.8 Å². The maximum absolute atomic E-state index is 13.6. The van der Waals surface area contributed by atoms with Crippen LogP contribution in [0, 0.1) is 0 Å². The van der Waals surface area contributed by atoms with Crippen LogP contribution in [0.5, 0.6) is 0 Å². The Labute approximate surface area is 200 Å². The van der Waals surface area contributed by atoms with E-state index in [9.17, 15) is 14.4 Å². The Kier molecular flexibility index (Phi) is 7.67. The molecule has 1 fully saturated rings. The molecule has 0 spiro atoms. The monoisotopic (exact) mass is 467 g/mol. The SMILES string of the molecule is CCOC(=O)C[C@H]1CCCN1C(=O)c1cc(C(=O)N[C@H](CC)c2ccccc2)c2n1CCOC2. The molecule has 3 heterocycles. The molecule has 2 amide bonds. The summed E-state index contributed by atoms with van der Waals surface area (Å²) in [6, 6.07) is 11.2. The molecule has 2 atom stereocenters. The summed E-state index contributed by atoms with van der Waals surface area (Å²) >= 11 is 0. The Morgan fingerprint density at radius 3 is 2.71 bits per heavy atom. The molecule has 8 nitrogen and oxygen atoms in total. The molecule has 2 aliphatic rings. The third kappa shape index (κ3) is 5.01. The normalized spacial score (nSPS) is 18.3. The first-order valence-electron chi connectivity index (χ1n) is 12.2. The zero-order valence-corrected chi connectivity index (χ0v) is 19.9. The number of aromatic nitrogens is 1. The van der Waals surface area contributed by atoms with E-state index >= 15 is 0 Å². The third-order valence-electron chi connectivity index (χ3n) is 6.63. The second kappa shape index (κ2) is 10.9. The van der Waals surface area contributed by atoms with Crippen molar-refractivity contribution in [1.82, 2.24) is 14.8 Å². The van der Waals surface area contributed by atoms with Crippen LogP contribution in [0.4, 0.5) is 0 Å². The third-order valence-corrected chi connectivity index (χ3v) is 6.63. The van der Waals surface area contributed by atoms with E-state index < -0.39 is 0 Å². The molecule has 2 aliphatic heterocycles. The molecule has 2 aromatic rings. The minimum Gasteiger partial charge on any atom is -0.466 e. The van der Waals surface area contributed by atoms with Gasteiger partial charge in [0.1, 0.15) is 5.69 Å². The first kappa shape index (κ1) is 24.0. The number of nitrogens with zero attached hydrogens (tertiary/aromatic N) is 2. The van der Waals surface area contributed by atoms with E-state index in [4.69, 9.17) is 9.47 Å². The topological polar surface area (TPSA) is 89.9 Å². The van der Waals surface area contributed by atoms with Crippen LogP contribution in [-0.2, 0) is 27.4 Å². The van der Waals surface area contributed by atoms with E-state index in [2.05, 4.69) is 5.32 Å². The summed E-state index contributed by atoms with van der Waals surface area (Å²) in [5.74, 6) is -0.651. The highest BCUT2D eigenvalue weighted by Crippen LogP contribution is 2.28. The molecule has 34 heavy (non-hydrogen) atoms. The van der Waals surface area contributed by atoms with E-state index in [1.807, 2.05) is 41.8 Å². The van der Waals surface area contributed by atoms with Crippen molar-refractivity contribution >= 4 is 17.8 Å². The number of fused-ring (bicyclic) bond motifs is 1. The summed E-state index contributed by atoms with van der Waals surface area (Å²) < 4.78 is 12.6. The first-order chi connectivity index (χ1) is 16.5. The van der Waals surface area contributed by atoms with Crippen LogP contribution < -0.4 is 5.32 Å². The lowest BCUT2D eigenvalue weighted by Gasteiger charge is -2.26. The lowest BCUT2D eigenvalue weighted by Crippen LogP contribution is -2.38. The molecule has 0 bridgehead atoms. The first-order valence-corrected chi connectivity index (χ1v) is 12.2. The molecule has 0 aliphatic carbocycles. The van der Waals surface area contributed by atoms with E-state index in [1.54, 1.807) is 17.9 Å². The quantitative estimate of drug-likeness (QED) is 0.601. The minimum absolute atomic E-state index is 0.125. The van der Waals surface area contributed by atoms with Crippen LogP contribution in [0.25, 0.3) is 0 Å². The van der Waals surface area contributed by atoms with E-state index in [1.165, 1.54) is 0 Å². The van der Waals surface area contributed by atoms with Gasteiger partial charge >= 0.3 is 5.97 Å². The fraction of sp³-hybridized carbons (Fsp3) is 0.500. The van der Waals surface area contributed by atoms with Crippen LogP contribution in [0.2, 0.25) is 0 Å². The smallest absolute Gasteiger partial charge is 0.307 e. The maximum Gasteiger partial charge on any atom is 0.307 e. The van der Waals surface area contributed by atoms with Gasteiger partial charge in [0.05, 0.1) is 43.5 Å². The summed E-state index contributed by atoms with van der Waals surface area (Å²) in [6.07, 6.45) is 2.55. The van der Waals surface area contributed by atoms with Gasteiger partial charge in [0, 0.05) is 19.1 Å². The van der Waals surface area contributed by atoms with Gasteiger partial charge in [0.15, 0.2) is 0 Å². The number of esters is 1. The fourth-order valence-electron chi connectivity index (χ4n) is 4.92. The van der Waals surface area contributed by atoms with Crippen molar-refractivity contribution in [2.45, 2.75) is 64.8 Å². The zero-order valence-electron chi connectivity index (χ0n) is 19.9. The molecule has 0 radical (unpaired) electrons. The highest BCUT2D eigenvalue weighted by atomic mass is 16.5. The van der Waals surface area contributed by atoms with Gasteiger partial charge in [0.2, 0.25) is 0 Å². The molecule has 4 rings (SSSR count). The number of ether oxygens (including phenoxy) is 2. The maximum atomic E-state index is 13.6. The summed E-state index contributed by atoms with van der Waals surface area (Å²) in [6.45, 7) is 6.00. The standard InChI is InChI=1S/C26H33N3O5/c1-3-21(18-9-6-5-7-10-18)27-25(31)20-16-22(29-13-14-33-17-23(20)29)26(32)28-12-8-11-19(28)15-24(30)34-4-2/h5-7,9-10,16,19,21H,3-4,8,11-15,17H2,1-2H3,(H,27,31)/t19-,21-/m1/s1. The van der Waals surface area contributed by atoms with Gasteiger partial charge in [-0.25, -0.2) is 0 Å². The van der Waals surface area contributed by atoms with Gasteiger partial charge in [0.25, 0.3) is 11.8 Å². The van der Waals surface area contributed by atoms with Crippen molar-refractivity contribution in [2.24, 2.45) is 0 Å². The number of carbonyl (C=O) groups excluding carboxylic acids is 3. The lowest BCUT2D eigenvalue weighted by atomic mass is 10.0. The number of benzene rings is 1. The van der Waals surface area contributed by atoms with Crippen LogP contribution in [-0.4, -0.2) is 53.1 Å². The highest BCUT2D eigenvalue weighted by Gasteiger charge is 2.35. The van der Waals surface area contributed by atoms with E-state index in [0.717, 1.165) is 30.5 Å². The number of likely N-dealkylation sites (tertiary alicyclic amines) is 1. The van der Waals surface area contributed by atoms with E-state index in [-0.39, 0.29) is 42.9 Å². The van der Waals surface area contributed by atoms with Crippen molar-refractivity contribution in [3.8, 4) is 0 Å². The molecular weight excluding hydrogens is 434 g/mol. The van der Waals surface area contributed by atoms with E-state index in [0.29, 0.717) is 37.6 Å². The largest absolute Gasteiger partial charge is 0.466 e. The van der Waals surface area contributed by atoms with Gasteiger partial charge in [-0.2, -0.15) is 0 Å². The Balaban J connectivity index is 1.57. The fourth-order valence-corrected chi connectivity index (χ4v) is 4.92. The van der Waals surface area contributed by atoms with Crippen LogP contribution in [0.1, 0.15) is 77.7 Å². The number of hydrogen-bond acceptors (Lipinski definition) is 5. The average Bonchev–Trinajstić information content (AvgIpc) is 3.47. The van der Waals surface area contributed by atoms with Gasteiger partial charge in [-0.05, 0) is 37.8 Å². The summed E-state index contributed by atoms with van der Waals surface area (Å²) in [5.41, 5.74) is 2.71. The van der Waals surface area contributed by atoms with Crippen molar-refractivity contribution in [1.29, 1.82) is 0 Å². The predicted molar refractivity (Wildman–Crippen MR) is 126 cm³/mol. The molecule has 8 heteroatoms. The minimum atomic E-state index is -0.288. The Morgan fingerprint density at radius 1 is 1.18 bits per heavy atom. The molecule has 1 aromatic carbocycles. The Bertz CT molecular complexity index is 1030. The van der Waals surface area contributed by atoms with Crippen LogP contribution >= 0.6 is 0 Å². The van der Waals surface area contributed by atoms with Gasteiger partial charge in [-0.1, -0.05) is 37.3 Å². The second-order valence-electron chi connectivity index (χ2n) is 8.74.